The van der Waals surface area contributed by atoms with Gasteiger partial charge < -0.3 is 18.7 Å². The van der Waals surface area contributed by atoms with Crippen LogP contribution in [0.25, 0.3) is 0 Å². The van der Waals surface area contributed by atoms with Crippen LogP contribution in [0.15, 0.2) is 17.0 Å². The van der Waals surface area contributed by atoms with Crippen LogP contribution in [0.4, 0.5) is 0 Å². The number of fused-ring (bicyclic) bond motifs is 1. The summed E-state index contributed by atoms with van der Waals surface area (Å²) in [5.74, 6) is 1.25. The summed E-state index contributed by atoms with van der Waals surface area (Å²) < 4.78 is 13.3. The Kier molecular flexibility index (Phi) is 4.33. The average molecular weight is 344 g/mol. The fraction of sp³-hybridized carbons (Fsp3) is 0.611. The van der Waals surface area contributed by atoms with Crippen LogP contribution in [0, 0.1) is 19.8 Å². The molecule has 2 aliphatic rings. The van der Waals surface area contributed by atoms with Crippen molar-refractivity contribution in [1.82, 2.24) is 19.6 Å². The molecular weight excluding hydrogens is 320 g/mol. The number of nitrogens with zero attached hydrogens (tertiary/aromatic N) is 4. The molecule has 7 heteroatoms. The van der Waals surface area contributed by atoms with Gasteiger partial charge >= 0.3 is 0 Å². The minimum absolute atomic E-state index is 0.0362. The summed E-state index contributed by atoms with van der Waals surface area (Å²) in [7, 11) is 0. The van der Waals surface area contributed by atoms with Crippen molar-refractivity contribution in [2.45, 2.75) is 52.2 Å². The summed E-state index contributed by atoms with van der Waals surface area (Å²) in [5, 5.41) is 3.94. The first-order chi connectivity index (χ1) is 12.1. The summed E-state index contributed by atoms with van der Waals surface area (Å²) in [6.07, 6.45) is 7.05. The van der Waals surface area contributed by atoms with E-state index in [-0.39, 0.29) is 11.9 Å². The predicted octanol–water partition coefficient (Wildman–Crippen LogP) is 2.33. The van der Waals surface area contributed by atoms with E-state index < -0.39 is 0 Å². The first kappa shape index (κ1) is 16.3. The number of amides is 1. The van der Waals surface area contributed by atoms with Crippen molar-refractivity contribution in [3.8, 4) is 0 Å². The predicted molar refractivity (Wildman–Crippen MR) is 90.0 cm³/mol. The molecule has 0 N–H and O–H groups in total. The van der Waals surface area contributed by atoms with Crippen molar-refractivity contribution in [2.24, 2.45) is 5.92 Å². The number of carbonyl (C=O) groups is 1. The largest absolute Gasteiger partial charge is 0.379 e. The second-order valence-electron chi connectivity index (χ2n) is 7.13. The van der Waals surface area contributed by atoms with E-state index in [9.17, 15) is 4.79 Å². The molecule has 1 atom stereocenters. The smallest absolute Gasteiger partial charge is 0.260 e. The van der Waals surface area contributed by atoms with Gasteiger partial charge in [0.2, 0.25) is 0 Å². The number of ether oxygens (including phenoxy) is 1. The lowest BCUT2D eigenvalue weighted by Crippen LogP contribution is -2.42. The quantitative estimate of drug-likeness (QED) is 0.832. The minimum Gasteiger partial charge on any atom is -0.379 e. The zero-order valence-electron chi connectivity index (χ0n) is 14.8. The van der Waals surface area contributed by atoms with E-state index >= 15 is 0 Å². The van der Waals surface area contributed by atoms with Gasteiger partial charge in [-0.05, 0) is 39.0 Å². The highest BCUT2D eigenvalue weighted by Gasteiger charge is 2.32. The number of carbonyl (C=O) groups excluding carboxylic acids is 1. The van der Waals surface area contributed by atoms with Gasteiger partial charge in [0.25, 0.3) is 5.91 Å². The van der Waals surface area contributed by atoms with Crippen molar-refractivity contribution in [3.05, 3.63) is 35.2 Å². The van der Waals surface area contributed by atoms with Crippen molar-refractivity contribution in [1.29, 1.82) is 0 Å². The summed E-state index contributed by atoms with van der Waals surface area (Å²) in [4.78, 5) is 19.4. The third kappa shape index (κ3) is 3.33. The van der Waals surface area contributed by atoms with Gasteiger partial charge in [0.15, 0.2) is 0 Å². The maximum atomic E-state index is 13.2. The molecule has 7 nitrogen and oxygen atoms in total. The van der Waals surface area contributed by atoms with Gasteiger partial charge in [-0.25, -0.2) is 4.98 Å². The number of aromatic nitrogens is 3. The number of hydrogen-bond donors (Lipinski definition) is 0. The van der Waals surface area contributed by atoms with E-state index in [1.54, 1.807) is 6.92 Å². The lowest BCUT2D eigenvalue weighted by atomic mass is 10.1. The van der Waals surface area contributed by atoms with Crippen LogP contribution in [0.1, 0.15) is 46.8 Å². The zero-order valence-corrected chi connectivity index (χ0v) is 14.8. The van der Waals surface area contributed by atoms with E-state index in [1.165, 1.54) is 12.8 Å². The molecule has 0 unspecified atom stereocenters. The van der Waals surface area contributed by atoms with Gasteiger partial charge in [-0.2, -0.15) is 0 Å². The Morgan fingerprint density at radius 3 is 2.88 bits per heavy atom. The van der Waals surface area contributed by atoms with Crippen LogP contribution in [0.5, 0.6) is 0 Å². The molecule has 1 aliphatic heterocycles. The van der Waals surface area contributed by atoms with Crippen LogP contribution < -0.4 is 0 Å². The normalized spacial score (nSPS) is 20.4. The van der Waals surface area contributed by atoms with Crippen LogP contribution in [0.2, 0.25) is 0 Å². The van der Waals surface area contributed by atoms with Crippen molar-refractivity contribution in [2.75, 3.05) is 13.2 Å². The van der Waals surface area contributed by atoms with Gasteiger partial charge in [-0.3, -0.25) is 4.79 Å². The number of hydrogen-bond acceptors (Lipinski definition) is 5. The first-order valence-electron chi connectivity index (χ1n) is 8.94. The van der Waals surface area contributed by atoms with Gasteiger partial charge in [0.05, 0.1) is 36.9 Å². The minimum atomic E-state index is -0.0362. The van der Waals surface area contributed by atoms with Gasteiger partial charge in [-0.15, -0.1) is 0 Å². The Morgan fingerprint density at radius 2 is 2.16 bits per heavy atom. The van der Waals surface area contributed by atoms with Gasteiger partial charge in [0, 0.05) is 19.3 Å². The monoisotopic (exact) mass is 344 g/mol. The maximum absolute atomic E-state index is 13.2. The van der Waals surface area contributed by atoms with E-state index in [4.69, 9.17) is 9.26 Å². The number of rotatable bonds is 5. The molecule has 1 fully saturated rings. The first-order valence-corrected chi connectivity index (χ1v) is 8.94. The van der Waals surface area contributed by atoms with Crippen molar-refractivity contribution < 1.29 is 14.1 Å². The molecule has 134 valence electrons. The molecule has 0 aromatic carbocycles. The molecule has 1 aliphatic carbocycles. The molecule has 4 rings (SSSR count). The number of imidazole rings is 1. The van der Waals surface area contributed by atoms with E-state index in [2.05, 4.69) is 14.7 Å². The van der Waals surface area contributed by atoms with Crippen molar-refractivity contribution >= 4 is 5.91 Å². The van der Waals surface area contributed by atoms with E-state index in [0.29, 0.717) is 30.2 Å². The molecule has 1 amide bonds. The Bertz CT molecular complexity index is 743. The van der Waals surface area contributed by atoms with Crippen LogP contribution >= 0.6 is 0 Å². The second kappa shape index (κ2) is 6.63. The third-order valence-corrected chi connectivity index (χ3v) is 5.14. The molecule has 2 aromatic heterocycles. The molecule has 0 spiro atoms. The summed E-state index contributed by atoms with van der Waals surface area (Å²) in [5.41, 5.74) is 2.25. The standard InChI is InChI=1S/C18H24N4O3/c1-12-17(13(2)25-20-12)18(23)22-8-16-7-19-11-21(16)6-5-15(22)10-24-9-14-3-4-14/h7,11,14-15H,3-6,8-10H2,1-2H3/t15-/m0/s1. The Morgan fingerprint density at radius 1 is 1.32 bits per heavy atom. The molecule has 0 bridgehead atoms. The summed E-state index contributed by atoms with van der Waals surface area (Å²) in [6.45, 7) is 6.35. The highest BCUT2D eigenvalue weighted by atomic mass is 16.5. The second-order valence-corrected chi connectivity index (χ2v) is 7.13. The lowest BCUT2D eigenvalue weighted by Gasteiger charge is -2.29. The Balaban J connectivity index is 1.57. The van der Waals surface area contributed by atoms with Crippen LogP contribution in [-0.4, -0.2) is 44.8 Å². The lowest BCUT2D eigenvalue weighted by molar-refractivity contribution is 0.0369. The molecule has 3 heterocycles. The molecule has 0 radical (unpaired) electrons. The Labute approximate surface area is 146 Å². The number of aryl methyl sites for hydroxylation is 3. The Hall–Kier alpha value is -2.15. The average Bonchev–Trinajstić information content (AvgIpc) is 3.26. The summed E-state index contributed by atoms with van der Waals surface area (Å²) >= 11 is 0. The molecular formula is C18H24N4O3. The topological polar surface area (TPSA) is 73.4 Å². The molecule has 0 saturated heterocycles. The fourth-order valence-electron chi connectivity index (χ4n) is 3.43. The van der Waals surface area contributed by atoms with Gasteiger partial charge in [0.1, 0.15) is 11.3 Å². The SMILES string of the molecule is Cc1noc(C)c1C(=O)N1Cc2cncn2CC[C@H]1COCC1CC1. The van der Waals surface area contributed by atoms with Crippen LogP contribution in [0.3, 0.4) is 0 Å². The van der Waals surface area contributed by atoms with E-state index in [0.717, 1.165) is 31.2 Å². The van der Waals surface area contributed by atoms with E-state index in [1.807, 2.05) is 24.3 Å². The van der Waals surface area contributed by atoms with Crippen molar-refractivity contribution in [3.63, 3.8) is 0 Å². The molecule has 1 saturated carbocycles. The highest BCUT2D eigenvalue weighted by molar-refractivity contribution is 5.96. The maximum Gasteiger partial charge on any atom is 0.260 e. The zero-order chi connectivity index (χ0) is 17.4. The third-order valence-electron chi connectivity index (χ3n) is 5.14. The molecule has 2 aromatic rings. The van der Waals surface area contributed by atoms with Crippen LogP contribution in [-0.2, 0) is 17.8 Å². The van der Waals surface area contributed by atoms with Gasteiger partial charge in [-0.1, -0.05) is 5.16 Å². The molecule has 25 heavy (non-hydrogen) atoms. The summed E-state index contributed by atoms with van der Waals surface area (Å²) in [6, 6.07) is 0.0415. The highest BCUT2D eigenvalue weighted by Crippen LogP contribution is 2.29. The fourth-order valence-corrected chi connectivity index (χ4v) is 3.43.